The molecule has 5 rings (SSSR count). The van der Waals surface area contributed by atoms with E-state index in [-0.39, 0.29) is 29.7 Å². The lowest BCUT2D eigenvalue weighted by atomic mass is 10.1. The van der Waals surface area contributed by atoms with Crippen LogP contribution in [0.1, 0.15) is 39.7 Å². The number of piperidine rings is 1. The second-order valence-corrected chi connectivity index (χ2v) is 9.66. The molecule has 2 aromatic heterocycles. The summed E-state index contributed by atoms with van der Waals surface area (Å²) < 4.78 is 7.47. The van der Waals surface area contributed by atoms with Crippen LogP contribution >= 0.6 is 0 Å². The molecule has 1 aromatic carbocycles. The van der Waals surface area contributed by atoms with E-state index in [4.69, 9.17) is 15.6 Å². The summed E-state index contributed by atoms with van der Waals surface area (Å²) in [4.78, 5) is 33.8. The Labute approximate surface area is 189 Å². The van der Waals surface area contributed by atoms with Crippen molar-refractivity contribution in [1.29, 1.82) is 0 Å². The number of amides is 1. The van der Waals surface area contributed by atoms with Gasteiger partial charge in [-0.15, -0.1) is 0 Å². The third-order valence-corrected chi connectivity index (χ3v) is 6.26. The van der Waals surface area contributed by atoms with Gasteiger partial charge < -0.3 is 15.4 Å². The van der Waals surface area contributed by atoms with E-state index < -0.39 is 10.5 Å². The zero-order valence-corrected chi connectivity index (χ0v) is 18.6. The van der Waals surface area contributed by atoms with Crippen LogP contribution in [0.5, 0.6) is 0 Å². The lowest BCUT2D eigenvalue weighted by molar-refractivity contribution is -0.384. The first-order chi connectivity index (χ1) is 15.6. The monoisotopic (exact) mass is 451 g/mol. The highest BCUT2D eigenvalue weighted by atomic mass is 16.6. The number of hydrogen-bond donors (Lipinski definition) is 1. The molecular formula is C22H25N7O4. The minimum Gasteiger partial charge on any atom is -0.444 e. The first kappa shape index (κ1) is 21.1. The molecule has 3 aromatic rings. The fourth-order valence-corrected chi connectivity index (χ4v) is 4.95. The third-order valence-electron chi connectivity index (χ3n) is 6.26. The molecule has 33 heavy (non-hydrogen) atoms. The molecule has 3 atom stereocenters. The zero-order valence-electron chi connectivity index (χ0n) is 18.6. The number of non-ortho nitro benzene ring substituents is 1. The van der Waals surface area contributed by atoms with Crippen LogP contribution in [0.4, 0.5) is 16.3 Å². The van der Waals surface area contributed by atoms with Gasteiger partial charge in [0, 0.05) is 24.2 Å². The van der Waals surface area contributed by atoms with E-state index in [1.165, 1.54) is 18.5 Å². The molecule has 11 heteroatoms. The number of rotatable bonds is 3. The highest BCUT2D eigenvalue weighted by molar-refractivity contribution is 5.98. The van der Waals surface area contributed by atoms with Gasteiger partial charge in [-0.25, -0.2) is 19.4 Å². The van der Waals surface area contributed by atoms with Crippen molar-refractivity contribution in [2.45, 2.75) is 51.3 Å². The summed E-state index contributed by atoms with van der Waals surface area (Å²) in [6.07, 6.45) is 2.82. The van der Waals surface area contributed by atoms with Gasteiger partial charge in [0.2, 0.25) is 0 Å². The van der Waals surface area contributed by atoms with Crippen molar-refractivity contribution < 1.29 is 14.5 Å². The number of nitro benzene ring substituents is 1. The highest BCUT2D eigenvalue weighted by Gasteiger charge is 2.49. The van der Waals surface area contributed by atoms with Crippen LogP contribution in [0.2, 0.25) is 0 Å². The summed E-state index contributed by atoms with van der Waals surface area (Å²) in [5, 5.41) is 16.5. The molecular weight excluding hydrogens is 426 g/mol. The molecule has 1 saturated carbocycles. The van der Waals surface area contributed by atoms with Crippen molar-refractivity contribution in [1.82, 2.24) is 24.6 Å². The maximum Gasteiger partial charge on any atom is 0.410 e. The van der Waals surface area contributed by atoms with Crippen LogP contribution in [0.25, 0.3) is 22.3 Å². The SMILES string of the molecule is CC(C)(C)OC(=O)N1CC2CC1C(n1nc(-c3ccc([N+](=O)[O-])cc3)c3c(N)ncnc31)C2. The van der Waals surface area contributed by atoms with Gasteiger partial charge in [0.1, 0.15) is 23.4 Å². The average Bonchev–Trinajstić information content (AvgIpc) is 3.45. The number of carbonyl (C=O) groups is 1. The topological polar surface area (TPSA) is 142 Å². The molecule has 1 aliphatic heterocycles. The molecule has 3 heterocycles. The Morgan fingerprint density at radius 3 is 2.52 bits per heavy atom. The van der Waals surface area contributed by atoms with E-state index in [1.54, 1.807) is 17.0 Å². The lowest BCUT2D eigenvalue weighted by Crippen LogP contribution is -2.45. The van der Waals surface area contributed by atoms with Gasteiger partial charge in [-0.1, -0.05) is 0 Å². The standard InChI is InChI=1S/C22H25N7O4/c1-22(2,3)33-21(30)27-10-12-8-15(27)16(9-12)28-20-17(19(23)24-11-25-20)18(26-28)13-4-6-14(7-5-13)29(31)32/h4-7,11-12,15-16H,8-10H2,1-3H3,(H2,23,24,25). The molecule has 2 aliphatic rings. The first-order valence-electron chi connectivity index (χ1n) is 10.9. The maximum absolute atomic E-state index is 12.8. The number of carbonyl (C=O) groups excluding carboxylic acids is 1. The number of nitrogen functional groups attached to an aromatic ring is 1. The normalized spacial score (nSPS) is 22.2. The van der Waals surface area contributed by atoms with Crippen molar-refractivity contribution in [3.8, 4) is 11.3 Å². The van der Waals surface area contributed by atoms with Gasteiger partial charge in [-0.05, 0) is 51.7 Å². The van der Waals surface area contributed by atoms with Crippen LogP contribution in [-0.4, -0.2) is 53.9 Å². The summed E-state index contributed by atoms with van der Waals surface area (Å²) in [6, 6.07) is 6.01. The number of aromatic nitrogens is 4. The van der Waals surface area contributed by atoms with Gasteiger partial charge in [0.15, 0.2) is 5.65 Å². The van der Waals surface area contributed by atoms with E-state index >= 15 is 0 Å². The fraction of sp³-hybridized carbons (Fsp3) is 0.455. The van der Waals surface area contributed by atoms with Gasteiger partial charge in [0.25, 0.3) is 5.69 Å². The van der Waals surface area contributed by atoms with E-state index in [1.807, 2.05) is 25.5 Å². The van der Waals surface area contributed by atoms with Crippen LogP contribution in [-0.2, 0) is 4.74 Å². The summed E-state index contributed by atoms with van der Waals surface area (Å²) in [7, 11) is 0. The lowest BCUT2D eigenvalue weighted by Gasteiger charge is -2.34. The molecule has 3 unspecified atom stereocenters. The van der Waals surface area contributed by atoms with Gasteiger partial charge in [0.05, 0.1) is 22.4 Å². The third kappa shape index (κ3) is 3.62. The van der Waals surface area contributed by atoms with Crippen LogP contribution in [0.15, 0.2) is 30.6 Å². The number of nitro groups is 1. The van der Waals surface area contributed by atoms with Crippen molar-refractivity contribution in [3.05, 3.63) is 40.7 Å². The largest absolute Gasteiger partial charge is 0.444 e. The van der Waals surface area contributed by atoms with Crippen molar-refractivity contribution >= 4 is 28.6 Å². The number of likely N-dealkylation sites (tertiary alicyclic amines) is 1. The Balaban J connectivity index is 1.55. The zero-order chi connectivity index (χ0) is 23.5. The Bertz CT molecular complexity index is 1250. The summed E-state index contributed by atoms with van der Waals surface area (Å²) >= 11 is 0. The Morgan fingerprint density at radius 1 is 1.18 bits per heavy atom. The van der Waals surface area contributed by atoms with E-state index in [2.05, 4.69) is 9.97 Å². The summed E-state index contributed by atoms with van der Waals surface area (Å²) in [5.74, 6) is 0.639. The molecule has 0 spiro atoms. The predicted molar refractivity (Wildman–Crippen MR) is 120 cm³/mol. The quantitative estimate of drug-likeness (QED) is 0.470. The number of nitrogens with two attached hydrogens (primary N) is 1. The first-order valence-corrected chi connectivity index (χ1v) is 10.9. The van der Waals surface area contributed by atoms with Gasteiger partial charge >= 0.3 is 6.09 Å². The summed E-state index contributed by atoms with van der Waals surface area (Å²) in [5.41, 5.74) is 7.45. The number of ether oxygens (including phenoxy) is 1. The Hall–Kier alpha value is -3.76. The second-order valence-electron chi connectivity index (χ2n) is 9.66. The van der Waals surface area contributed by atoms with E-state index in [0.717, 1.165) is 12.8 Å². The molecule has 2 fully saturated rings. The highest BCUT2D eigenvalue weighted by Crippen LogP contribution is 2.46. The van der Waals surface area contributed by atoms with Crippen molar-refractivity contribution in [2.75, 3.05) is 12.3 Å². The van der Waals surface area contributed by atoms with Gasteiger partial charge in [-0.2, -0.15) is 5.10 Å². The molecule has 172 valence electrons. The number of nitrogens with zero attached hydrogens (tertiary/aromatic N) is 6. The van der Waals surface area contributed by atoms with Crippen LogP contribution < -0.4 is 5.73 Å². The number of hydrogen-bond acceptors (Lipinski definition) is 8. The minimum absolute atomic E-state index is 0.00665. The molecule has 2 bridgehead atoms. The Morgan fingerprint density at radius 2 is 1.88 bits per heavy atom. The molecule has 1 amide bonds. The fourth-order valence-electron chi connectivity index (χ4n) is 4.95. The molecule has 11 nitrogen and oxygen atoms in total. The van der Waals surface area contributed by atoms with Crippen LogP contribution in [0.3, 0.4) is 0 Å². The number of anilines is 1. The van der Waals surface area contributed by atoms with Crippen LogP contribution in [0, 0.1) is 16.0 Å². The van der Waals surface area contributed by atoms with Gasteiger partial charge in [-0.3, -0.25) is 10.1 Å². The average molecular weight is 451 g/mol. The predicted octanol–water partition coefficient (Wildman–Crippen LogP) is 3.55. The molecule has 2 N–H and O–H groups in total. The van der Waals surface area contributed by atoms with E-state index in [0.29, 0.717) is 34.8 Å². The molecule has 1 aliphatic carbocycles. The number of benzene rings is 1. The minimum atomic E-state index is -0.572. The second kappa shape index (κ2) is 7.39. The van der Waals surface area contributed by atoms with Crippen molar-refractivity contribution in [2.24, 2.45) is 5.92 Å². The summed E-state index contributed by atoms with van der Waals surface area (Å²) in [6.45, 7) is 6.23. The van der Waals surface area contributed by atoms with E-state index in [9.17, 15) is 14.9 Å². The number of fused-ring (bicyclic) bond motifs is 3. The molecule has 1 saturated heterocycles. The molecule has 0 radical (unpaired) electrons. The van der Waals surface area contributed by atoms with Crippen molar-refractivity contribution in [3.63, 3.8) is 0 Å². The Kier molecular flexibility index (Phi) is 4.73. The maximum atomic E-state index is 12.8. The smallest absolute Gasteiger partial charge is 0.410 e.